The topological polar surface area (TPSA) is 50.4 Å². The summed E-state index contributed by atoms with van der Waals surface area (Å²) >= 11 is 0. The fraction of sp³-hybridized carbons (Fsp3) is 0.947. The van der Waals surface area contributed by atoms with Crippen molar-refractivity contribution in [2.45, 2.75) is 39.5 Å². The summed E-state index contributed by atoms with van der Waals surface area (Å²) in [6.45, 7) is 9.74. The number of ether oxygens (including phenoxy) is 1. The minimum atomic E-state index is -0.0372. The average Bonchev–Trinajstić information content (AvgIpc) is 2.47. The molecule has 0 saturated carbocycles. The second-order valence-electron chi connectivity index (χ2n) is 8.53. The Kier molecular flexibility index (Phi) is 26.0. The van der Waals surface area contributed by atoms with Gasteiger partial charge in [0.2, 0.25) is 0 Å². The van der Waals surface area contributed by atoms with Gasteiger partial charge in [-0.15, -0.1) is 0 Å². The smallest absolute Gasteiger partial charge is 0.314 e. The predicted octanol–water partition coefficient (Wildman–Crippen LogP) is -3.69. The number of likely N-dealkylation sites (N-methyl/N-ethyl adjacent to an activating group) is 1. The fourth-order valence-electron chi connectivity index (χ4n) is 1.78. The lowest BCUT2D eigenvalue weighted by Crippen LogP contribution is -3.00. The van der Waals surface area contributed by atoms with Crippen LogP contribution in [0.1, 0.15) is 39.5 Å². The molecule has 2 amide bonds. The van der Waals surface area contributed by atoms with Crippen molar-refractivity contribution >= 4 is 6.03 Å². The van der Waals surface area contributed by atoms with Crippen LogP contribution in [-0.4, -0.2) is 96.7 Å². The van der Waals surface area contributed by atoms with E-state index in [-0.39, 0.29) is 30.8 Å². The first-order valence-electron chi connectivity index (χ1n) is 9.72. The highest BCUT2D eigenvalue weighted by Gasteiger charge is 2.06. The molecule has 0 aliphatic heterocycles. The summed E-state index contributed by atoms with van der Waals surface area (Å²) in [6, 6.07) is -0.0372. The second-order valence-corrected chi connectivity index (χ2v) is 8.53. The van der Waals surface area contributed by atoms with Crippen molar-refractivity contribution in [3.8, 4) is 0 Å². The highest BCUT2D eigenvalue weighted by molar-refractivity contribution is 5.73. The molecule has 168 valence electrons. The van der Waals surface area contributed by atoms with Gasteiger partial charge >= 0.3 is 6.03 Å². The van der Waals surface area contributed by atoms with Crippen molar-refractivity contribution in [2.24, 2.45) is 0 Å². The van der Waals surface area contributed by atoms with E-state index in [1.165, 1.54) is 0 Å². The zero-order valence-electron chi connectivity index (χ0n) is 19.0. The predicted molar refractivity (Wildman–Crippen MR) is 108 cm³/mol. The van der Waals surface area contributed by atoms with E-state index in [4.69, 9.17) is 4.74 Å². The summed E-state index contributed by atoms with van der Waals surface area (Å²) in [5.41, 5.74) is 0. The zero-order valence-corrected chi connectivity index (χ0v) is 20.5. The molecule has 2 N–H and O–H groups in total. The van der Waals surface area contributed by atoms with Gasteiger partial charge in [0.15, 0.2) is 0 Å². The van der Waals surface area contributed by atoms with Crippen molar-refractivity contribution in [3.05, 3.63) is 0 Å². The maximum Gasteiger partial charge on any atom is 0.314 e. The summed E-state index contributed by atoms with van der Waals surface area (Å²) in [7, 11) is 13.0. The van der Waals surface area contributed by atoms with Crippen LogP contribution in [0, 0.1) is 0 Å². The maximum absolute atomic E-state index is 11.2. The normalized spacial score (nSPS) is 10.7. The molecular weight excluding hydrogens is 387 g/mol. The number of halogens is 2. The summed E-state index contributed by atoms with van der Waals surface area (Å²) in [4.78, 5) is 11.2. The first-order valence-corrected chi connectivity index (χ1v) is 9.72. The van der Waals surface area contributed by atoms with Crippen LogP contribution in [-0.2, 0) is 4.74 Å². The standard InChI is InChI=1S/C11H25N3O.C8H20NO.2ClH/c1-5-6-8-12-11(15)13-9-7-10-14(2,3)4;1-5-7-10-8-6-9(2,3)4;;/h5-10H2,1-4H3,(H-,12,13,15);5-8H2,1-4H3;2*1H/q;+1;;/p-1. The Balaban J connectivity index is -0.000000195. The summed E-state index contributed by atoms with van der Waals surface area (Å²) in [6.07, 6.45) is 4.30. The summed E-state index contributed by atoms with van der Waals surface area (Å²) < 4.78 is 7.28. The maximum atomic E-state index is 11.2. The van der Waals surface area contributed by atoms with Crippen molar-refractivity contribution in [2.75, 3.05) is 81.7 Å². The Morgan fingerprint density at radius 3 is 1.63 bits per heavy atom. The van der Waals surface area contributed by atoms with Gasteiger partial charge in [-0.25, -0.2) is 4.79 Å². The van der Waals surface area contributed by atoms with Crippen LogP contribution in [0.5, 0.6) is 0 Å². The van der Waals surface area contributed by atoms with Gasteiger partial charge in [-0.2, -0.15) is 0 Å². The molecule has 8 heteroatoms. The molecule has 0 heterocycles. The Morgan fingerprint density at radius 1 is 0.741 bits per heavy atom. The third-order valence-electron chi connectivity index (χ3n) is 3.36. The first kappa shape index (κ1) is 34.3. The number of rotatable bonds is 12. The third kappa shape index (κ3) is 37.2. The molecular formula is C19H46Cl2N4O2. The van der Waals surface area contributed by atoms with E-state index in [1.807, 2.05) is 0 Å². The van der Waals surface area contributed by atoms with Gasteiger partial charge in [0.1, 0.15) is 6.54 Å². The molecule has 6 nitrogen and oxygen atoms in total. The molecule has 0 saturated heterocycles. The van der Waals surface area contributed by atoms with Crippen LogP contribution in [0.2, 0.25) is 0 Å². The zero-order chi connectivity index (χ0) is 19.8. The molecule has 0 aliphatic rings. The van der Waals surface area contributed by atoms with Gasteiger partial charge in [-0.3, -0.25) is 0 Å². The van der Waals surface area contributed by atoms with Gasteiger partial charge in [0, 0.05) is 26.1 Å². The lowest BCUT2D eigenvalue weighted by molar-refractivity contribution is -0.870. The second kappa shape index (κ2) is 20.5. The molecule has 0 atom stereocenters. The minimum absolute atomic E-state index is 0. The molecule has 0 spiro atoms. The average molecular weight is 434 g/mol. The van der Waals surface area contributed by atoms with Crippen molar-refractivity contribution < 1.29 is 43.3 Å². The van der Waals surface area contributed by atoms with Crippen molar-refractivity contribution in [1.82, 2.24) is 10.6 Å². The van der Waals surface area contributed by atoms with E-state index in [9.17, 15) is 4.79 Å². The number of amides is 2. The summed E-state index contributed by atoms with van der Waals surface area (Å²) in [5.74, 6) is 0. The van der Waals surface area contributed by atoms with Crippen LogP contribution < -0.4 is 35.4 Å². The van der Waals surface area contributed by atoms with Crippen LogP contribution in [0.4, 0.5) is 4.79 Å². The molecule has 0 fully saturated rings. The number of nitrogens with one attached hydrogen (secondary N) is 2. The number of urea groups is 1. The SMILES string of the molecule is CCCCNC(=O)NCCC[N+](C)(C)C.CCCOCC[N+](C)(C)C.[Cl-].[Cl-]. The molecule has 0 aliphatic carbocycles. The molecule has 0 bridgehead atoms. The van der Waals surface area contributed by atoms with Crippen LogP contribution in [0.25, 0.3) is 0 Å². The van der Waals surface area contributed by atoms with E-state index < -0.39 is 0 Å². The summed E-state index contributed by atoms with van der Waals surface area (Å²) in [5, 5.41) is 5.68. The van der Waals surface area contributed by atoms with Gasteiger partial charge in [0.05, 0.1) is 55.4 Å². The monoisotopic (exact) mass is 432 g/mol. The molecule has 0 rings (SSSR count). The number of nitrogens with zero attached hydrogens (tertiary/aromatic N) is 2. The Morgan fingerprint density at radius 2 is 1.22 bits per heavy atom. The number of hydrogen-bond donors (Lipinski definition) is 2. The molecule has 0 aromatic carbocycles. The van der Waals surface area contributed by atoms with Crippen LogP contribution >= 0.6 is 0 Å². The minimum Gasteiger partial charge on any atom is -1.00 e. The Labute approximate surface area is 181 Å². The Bertz CT molecular complexity index is 320. The quantitative estimate of drug-likeness (QED) is 0.246. The molecule has 0 unspecified atom stereocenters. The van der Waals surface area contributed by atoms with Crippen molar-refractivity contribution in [1.29, 1.82) is 0 Å². The van der Waals surface area contributed by atoms with Gasteiger partial charge in [0.25, 0.3) is 0 Å². The van der Waals surface area contributed by atoms with Gasteiger partial charge in [-0.05, 0) is 12.8 Å². The highest BCUT2D eigenvalue weighted by Crippen LogP contribution is 1.92. The Hall–Kier alpha value is -0.270. The van der Waals surface area contributed by atoms with E-state index in [0.29, 0.717) is 0 Å². The largest absolute Gasteiger partial charge is 1.00 e. The van der Waals surface area contributed by atoms with E-state index in [1.54, 1.807) is 0 Å². The first-order chi connectivity index (χ1) is 11.5. The highest BCUT2D eigenvalue weighted by atomic mass is 35.5. The third-order valence-corrected chi connectivity index (χ3v) is 3.36. The number of unbranched alkanes of at least 4 members (excludes halogenated alkanes) is 1. The van der Waals surface area contributed by atoms with Gasteiger partial charge < -0.3 is 49.2 Å². The van der Waals surface area contributed by atoms with Crippen molar-refractivity contribution in [3.63, 3.8) is 0 Å². The number of carbonyl (C=O) groups is 1. The van der Waals surface area contributed by atoms with Gasteiger partial charge in [-0.1, -0.05) is 20.3 Å². The molecule has 0 aromatic rings. The van der Waals surface area contributed by atoms with E-state index in [2.05, 4.69) is 66.8 Å². The molecule has 0 aromatic heterocycles. The number of carbonyl (C=O) groups excluding carboxylic acids is 1. The molecule has 27 heavy (non-hydrogen) atoms. The fourth-order valence-corrected chi connectivity index (χ4v) is 1.78. The lowest BCUT2D eigenvalue weighted by atomic mass is 10.3. The van der Waals surface area contributed by atoms with Crippen LogP contribution in [0.15, 0.2) is 0 Å². The van der Waals surface area contributed by atoms with E-state index >= 15 is 0 Å². The van der Waals surface area contributed by atoms with Crippen LogP contribution in [0.3, 0.4) is 0 Å². The molecule has 0 radical (unpaired) electrons. The van der Waals surface area contributed by atoms with E-state index in [0.717, 1.165) is 74.0 Å². The number of hydrogen-bond acceptors (Lipinski definition) is 2. The number of quaternary nitrogens is 2. The lowest BCUT2D eigenvalue weighted by Gasteiger charge is -2.23.